The van der Waals surface area contributed by atoms with Gasteiger partial charge >= 0.3 is 0 Å². The first kappa shape index (κ1) is 46.5. The van der Waals surface area contributed by atoms with E-state index in [9.17, 15) is 0 Å². The zero-order valence-electron chi connectivity index (χ0n) is 31.5. The summed E-state index contributed by atoms with van der Waals surface area (Å²) in [6.07, 6.45) is 25.3. The topological polar surface area (TPSA) is 6.48 Å². The van der Waals surface area contributed by atoms with Gasteiger partial charge in [0.15, 0.2) is 0 Å². The van der Waals surface area contributed by atoms with E-state index in [0.29, 0.717) is 0 Å². The summed E-state index contributed by atoms with van der Waals surface area (Å²) in [5, 5.41) is 0. The highest BCUT2D eigenvalue weighted by molar-refractivity contribution is 4.74. The lowest BCUT2D eigenvalue weighted by Gasteiger charge is -2.50. The van der Waals surface area contributed by atoms with Crippen LogP contribution in [0.3, 0.4) is 0 Å². The van der Waals surface area contributed by atoms with E-state index < -0.39 is 0 Å². The minimum Gasteiger partial charge on any atom is -1.00 e. The third-order valence-corrected chi connectivity index (χ3v) is 11.1. The predicted molar refractivity (Wildman–Crippen MR) is 189 cm³/mol. The molecule has 0 radical (unpaired) electrons. The molecule has 0 amide bonds. The smallest absolute Gasteiger partial charge is 0.102 e. The molecule has 0 aliphatic carbocycles. The van der Waals surface area contributed by atoms with Gasteiger partial charge in [-0.2, -0.15) is 0 Å². The molecule has 0 aromatic heterocycles. The minimum atomic E-state index is 0. The average Bonchev–Trinajstić information content (AvgIpc) is 3.00. The van der Waals surface area contributed by atoms with Gasteiger partial charge in [-0.15, -0.1) is 0 Å². The Bertz CT molecular complexity index is 541. The van der Waals surface area contributed by atoms with Crippen molar-refractivity contribution in [1.82, 2.24) is 9.80 Å². The van der Waals surface area contributed by atoms with E-state index in [1.165, 1.54) is 190 Å². The molecular formula is C38H82Cl2N4. The summed E-state index contributed by atoms with van der Waals surface area (Å²) < 4.78 is 2.89. The van der Waals surface area contributed by atoms with Gasteiger partial charge in [0.05, 0.1) is 52.4 Å². The molecule has 44 heavy (non-hydrogen) atoms. The number of hydrogen-bond acceptors (Lipinski definition) is 2. The molecule has 2 heterocycles. The summed E-state index contributed by atoms with van der Waals surface area (Å²) in [5.74, 6) is 0. The van der Waals surface area contributed by atoms with Crippen molar-refractivity contribution in [3.05, 3.63) is 0 Å². The van der Waals surface area contributed by atoms with Gasteiger partial charge in [0.1, 0.15) is 12.1 Å². The molecule has 0 saturated carbocycles. The van der Waals surface area contributed by atoms with E-state index >= 15 is 0 Å². The Morgan fingerprint density at radius 3 is 1.00 bits per heavy atom. The monoisotopic (exact) mass is 665 g/mol. The lowest BCUT2D eigenvalue weighted by Crippen LogP contribution is -3.00. The number of hydrogen-bond donors (Lipinski definition) is 0. The molecule has 0 aromatic carbocycles. The van der Waals surface area contributed by atoms with Crippen molar-refractivity contribution in [2.24, 2.45) is 0 Å². The van der Waals surface area contributed by atoms with Crippen LogP contribution >= 0.6 is 0 Å². The van der Waals surface area contributed by atoms with Crippen LogP contribution in [0.15, 0.2) is 0 Å². The number of nitrogens with zero attached hydrogens (tertiary/aromatic N) is 4. The van der Waals surface area contributed by atoms with E-state index in [0.717, 1.165) is 12.1 Å². The predicted octanol–water partition coefficient (Wildman–Crippen LogP) is 3.38. The molecule has 2 unspecified atom stereocenters. The van der Waals surface area contributed by atoms with E-state index in [-0.39, 0.29) is 24.8 Å². The molecule has 0 bridgehead atoms. The van der Waals surface area contributed by atoms with Crippen LogP contribution in [-0.4, -0.2) is 110 Å². The van der Waals surface area contributed by atoms with Crippen molar-refractivity contribution in [1.29, 1.82) is 0 Å². The van der Waals surface area contributed by atoms with Crippen LogP contribution in [0, 0.1) is 0 Å². The zero-order valence-corrected chi connectivity index (χ0v) is 33.0. The van der Waals surface area contributed by atoms with Crippen LogP contribution in [0.4, 0.5) is 0 Å². The van der Waals surface area contributed by atoms with Crippen LogP contribution in [0.1, 0.15) is 157 Å². The highest BCUT2D eigenvalue weighted by Crippen LogP contribution is 2.28. The Labute approximate surface area is 291 Å². The van der Waals surface area contributed by atoms with Gasteiger partial charge in [0, 0.05) is 25.9 Å². The first-order chi connectivity index (χ1) is 20.4. The summed E-state index contributed by atoms with van der Waals surface area (Å²) in [5.41, 5.74) is 0. The highest BCUT2D eigenvalue weighted by Gasteiger charge is 2.40. The van der Waals surface area contributed by atoms with Crippen molar-refractivity contribution < 1.29 is 33.8 Å². The average molecular weight is 666 g/mol. The van der Waals surface area contributed by atoms with Crippen LogP contribution in [-0.2, 0) is 0 Å². The first-order valence-corrected chi connectivity index (χ1v) is 19.4. The molecule has 2 atom stereocenters. The van der Waals surface area contributed by atoms with Gasteiger partial charge in [-0.3, -0.25) is 9.80 Å². The minimum absolute atomic E-state index is 0. The lowest BCUT2D eigenvalue weighted by molar-refractivity contribution is -0.956. The molecule has 2 aliphatic heterocycles. The second kappa shape index (κ2) is 28.4. The number of halogens is 2. The molecule has 2 rings (SSSR count). The fourth-order valence-corrected chi connectivity index (χ4v) is 7.99. The van der Waals surface area contributed by atoms with Crippen LogP contribution in [0.2, 0.25) is 0 Å². The summed E-state index contributed by atoms with van der Waals surface area (Å²) in [4.78, 5) is 5.16. The largest absolute Gasteiger partial charge is 1.00 e. The van der Waals surface area contributed by atoms with E-state index in [4.69, 9.17) is 0 Å². The maximum atomic E-state index is 2.58. The number of quaternary nitrogens is 2. The van der Waals surface area contributed by atoms with Crippen LogP contribution in [0.25, 0.3) is 0 Å². The molecule has 0 aromatic rings. The van der Waals surface area contributed by atoms with E-state index in [1.807, 2.05) is 0 Å². The van der Waals surface area contributed by atoms with Gasteiger partial charge in [-0.05, 0) is 52.6 Å². The molecule has 268 valence electrons. The molecule has 0 N–H and O–H groups in total. The summed E-state index contributed by atoms with van der Waals surface area (Å²) in [6, 6.07) is 1.80. The number of likely N-dealkylation sites (N-methyl/N-ethyl adjacent to an activating group) is 2. The molecule has 0 spiro atoms. The van der Waals surface area contributed by atoms with Crippen molar-refractivity contribution in [3.8, 4) is 0 Å². The van der Waals surface area contributed by atoms with Gasteiger partial charge in [-0.25, -0.2) is 0 Å². The SMILES string of the molecule is CCCCCCC1CN(C)CC[N+]1(CCCC)CCCC.CCCCCCC1CN(C)CC[N+]1(CCCC)CCCC.[Cl-].[Cl-]. The number of rotatable bonds is 22. The van der Waals surface area contributed by atoms with E-state index in [1.54, 1.807) is 0 Å². The van der Waals surface area contributed by atoms with Gasteiger partial charge in [-0.1, -0.05) is 106 Å². The van der Waals surface area contributed by atoms with Gasteiger partial charge < -0.3 is 33.8 Å². The third kappa shape index (κ3) is 17.5. The molecule has 2 fully saturated rings. The second-order valence-electron chi connectivity index (χ2n) is 14.7. The number of unbranched alkanes of at least 4 members (excludes halogenated alkanes) is 10. The summed E-state index contributed by atoms with van der Waals surface area (Å²) >= 11 is 0. The van der Waals surface area contributed by atoms with Crippen molar-refractivity contribution in [2.75, 3.05) is 79.5 Å². The van der Waals surface area contributed by atoms with Crippen LogP contribution < -0.4 is 24.8 Å². The third-order valence-electron chi connectivity index (χ3n) is 11.1. The molecule has 6 heteroatoms. The fraction of sp³-hybridized carbons (Fsp3) is 1.00. The number of piperazine rings is 2. The quantitative estimate of drug-likeness (QED) is 0.129. The highest BCUT2D eigenvalue weighted by atomic mass is 35.5. The Hall–Kier alpha value is 0.420. The maximum Gasteiger partial charge on any atom is 0.102 e. The normalized spacial score (nSPS) is 21.5. The first-order valence-electron chi connectivity index (χ1n) is 19.4. The van der Waals surface area contributed by atoms with Crippen molar-refractivity contribution in [2.45, 2.75) is 169 Å². The molecule has 2 aliphatic rings. The fourth-order valence-electron chi connectivity index (χ4n) is 7.99. The standard InChI is InChI=1S/2C19H41N2.2ClH/c2*1-5-8-11-12-13-19-18-20(4)14-17-21(19,15-9-6-2)16-10-7-3;;/h2*19H,5-18H2,1-4H3;2*1H/q2*+1;;/p-2. The molecule has 4 nitrogen and oxygen atoms in total. The Kier molecular flexibility index (Phi) is 30.1. The van der Waals surface area contributed by atoms with Crippen molar-refractivity contribution >= 4 is 0 Å². The van der Waals surface area contributed by atoms with Gasteiger partial charge in [0.2, 0.25) is 0 Å². The summed E-state index contributed by atoms with van der Waals surface area (Å²) in [7, 11) is 4.65. The lowest BCUT2D eigenvalue weighted by atomic mass is 9.98. The zero-order chi connectivity index (χ0) is 31.1. The van der Waals surface area contributed by atoms with E-state index in [2.05, 4.69) is 65.4 Å². The second-order valence-corrected chi connectivity index (χ2v) is 14.7. The van der Waals surface area contributed by atoms with Crippen molar-refractivity contribution in [3.63, 3.8) is 0 Å². The van der Waals surface area contributed by atoms with Gasteiger partial charge in [0.25, 0.3) is 0 Å². The Morgan fingerprint density at radius 2 is 0.727 bits per heavy atom. The van der Waals surface area contributed by atoms with Crippen LogP contribution in [0.5, 0.6) is 0 Å². The summed E-state index contributed by atoms with van der Waals surface area (Å²) in [6.45, 7) is 27.8. The Balaban J connectivity index is 0. The maximum absolute atomic E-state index is 2.58. The molecule has 2 saturated heterocycles. The molecular weight excluding hydrogens is 583 g/mol. The Morgan fingerprint density at radius 1 is 0.432 bits per heavy atom.